The number of thiophene rings is 4. The molecule has 0 aliphatic heterocycles. The summed E-state index contributed by atoms with van der Waals surface area (Å²) >= 11 is 8.66. The molecule has 3 aromatic carbocycles. The van der Waals surface area contributed by atoms with Crippen LogP contribution in [-0.2, 0) is 30.8 Å². The molecule has 7 aromatic rings. The topological polar surface area (TPSA) is 34.1 Å². The predicted octanol–water partition coefficient (Wildman–Crippen LogP) is 19.4. The fourth-order valence-electron chi connectivity index (χ4n) is 11.4. The summed E-state index contributed by atoms with van der Waals surface area (Å²) < 4.78 is 3.92. The van der Waals surface area contributed by atoms with Crippen LogP contribution in [0.5, 0.6) is 0 Å². The first kappa shape index (κ1) is 56.1. The van der Waals surface area contributed by atoms with Crippen LogP contribution in [0.25, 0.3) is 31.7 Å². The summed E-state index contributed by atoms with van der Waals surface area (Å²) in [5.41, 5.74) is 6.60. The second-order valence-electron chi connectivity index (χ2n) is 20.3. The molecule has 4 heterocycles. The van der Waals surface area contributed by atoms with E-state index in [4.69, 9.17) is 0 Å². The third-order valence-electron chi connectivity index (χ3n) is 15.5. The van der Waals surface area contributed by atoms with Crippen molar-refractivity contribution >= 4 is 92.2 Å². The molecule has 0 N–H and O–H groups in total. The molecule has 2 aliphatic carbocycles. The zero-order valence-electron chi connectivity index (χ0n) is 45.0. The van der Waals surface area contributed by atoms with Crippen LogP contribution < -0.4 is 15.9 Å². The Hall–Kier alpha value is -4.65. The zero-order valence-corrected chi connectivity index (χ0v) is 51.7. The molecule has 9 rings (SSSR count). The van der Waals surface area contributed by atoms with Gasteiger partial charge in [0.05, 0.1) is 0 Å². The minimum absolute atomic E-state index is 0.0398. The first-order valence-electron chi connectivity index (χ1n) is 27.7. The molecule has 0 bridgehead atoms. The SMILES string of the molecule is CC=C1CCCC1=CC(/C=C/c1ccc(-c2sc(-c3ccc(/C=C/C)s3)c3c2C(=O)c2c(CC(CC)CCCC)sc(CC(CC)CCCC)c2C3=O)s1)=C([C]#[Os])[P+](c1ccccc1)(c1ccccc1)c1ccccc1. The molecule has 0 saturated heterocycles. The molecule has 1 saturated carbocycles. The molecule has 8 heteroatoms. The van der Waals surface area contributed by atoms with Crippen molar-refractivity contribution in [1.29, 1.82) is 0 Å². The Morgan fingerprint density at radius 2 is 1.07 bits per heavy atom. The van der Waals surface area contributed by atoms with E-state index in [1.807, 2.05) is 24.9 Å². The minimum atomic E-state index is -2.49. The van der Waals surface area contributed by atoms with Crippen molar-refractivity contribution in [3.63, 3.8) is 0 Å². The summed E-state index contributed by atoms with van der Waals surface area (Å²) in [6, 6.07) is 42.0. The Morgan fingerprint density at radius 1 is 0.592 bits per heavy atom. The van der Waals surface area contributed by atoms with Crippen LogP contribution in [0.15, 0.2) is 162 Å². The van der Waals surface area contributed by atoms with Gasteiger partial charge in [-0.25, -0.2) is 0 Å². The first-order chi connectivity index (χ1) is 37.2. The fraction of sp³-hybridized carbons (Fsp3) is 0.309. The summed E-state index contributed by atoms with van der Waals surface area (Å²) in [7, 11) is -2.49. The Labute approximate surface area is 479 Å². The first-order valence-corrected chi connectivity index (χ1v) is 34.0. The normalized spacial score (nSPS) is 16.0. The van der Waals surface area contributed by atoms with Crippen molar-refractivity contribution < 1.29 is 27.5 Å². The van der Waals surface area contributed by atoms with Crippen molar-refractivity contribution in [2.75, 3.05) is 0 Å². The van der Waals surface area contributed by atoms with E-state index in [0.717, 1.165) is 115 Å². The molecule has 4 aromatic heterocycles. The van der Waals surface area contributed by atoms with Crippen molar-refractivity contribution in [3.05, 3.63) is 203 Å². The molecule has 391 valence electrons. The van der Waals surface area contributed by atoms with Gasteiger partial charge in [-0.1, -0.05) is 85.1 Å². The Kier molecular flexibility index (Phi) is 19.4. The monoisotopic (exact) mass is 1270 g/mol. The summed E-state index contributed by atoms with van der Waals surface area (Å²) in [6.45, 7) is 13.3. The maximum atomic E-state index is 15.9. The number of hydrogen-bond donors (Lipinski definition) is 0. The second-order valence-corrected chi connectivity index (χ2v) is 28.7. The number of ketones is 2. The van der Waals surface area contributed by atoms with Gasteiger partial charge >= 0.3 is 301 Å². The molecule has 2 nitrogen and oxygen atoms in total. The number of unbranched alkanes of at least 4 members (excludes halogenated alkanes) is 2. The molecule has 1 fully saturated rings. The average Bonchev–Trinajstić information content (AvgIpc) is 4.41. The van der Waals surface area contributed by atoms with Gasteiger partial charge in [-0.15, -0.1) is 22.7 Å². The van der Waals surface area contributed by atoms with Gasteiger partial charge in [-0.2, -0.15) is 0 Å². The van der Waals surface area contributed by atoms with Crippen LogP contribution in [0.1, 0.15) is 164 Å². The number of hydrogen-bond acceptors (Lipinski definition) is 6. The van der Waals surface area contributed by atoms with Crippen molar-refractivity contribution in [3.8, 4) is 23.9 Å². The Balaban J connectivity index is 1.22. The summed E-state index contributed by atoms with van der Waals surface area (Å²) in [5, 5.41) is 5.09. The molecule has 0 spiro atoms. The molecule has 2 atom stereocenters. The number of fused-ring (bicyclic) bond motifs is 2. The summed E-state index contributed by atoms with van der Waals surface area (Å²) in [5.74, 6) is 1.03. The van der Waals surface area contributed by atoms with Gasteiger partial charge in [-0.05, 0) is 49.8 Å². The predicted molar refractivity (Wildman–Crippen MR) is 332 cm³/mol. The molecule has 76 heavy (non-hydrogen) atoms. The maximum absolute atomic E-state index is 15.9. The number of rotatable bonds is 22. The Morgan fingerprint density at radius 3 is 1.50 bits per heavy atom. The third kappa shape index (κ3) is 11.6. The molecular weight excluding hydrogens is 1200 g/mol. The van der Waals surface area contributed by atoms with Gasteiger partial charge in [0.2, 0.25) is 0 Å². The second kappa shape index (κ2) is 26.3. The van der Waals surface area contributed by atoms with Gasteiger partial charge in [0.15, 0.2) is 0 Å². The van der Waals surface area contributed by atoms with E-state index in [2.05, 4.69) is 191 Å². The molecule has 0 radical (unpaired) electrons. The fourth-order valence-corrected chi connectivity index (χ4v) is 22.2. The van der Waals surface area contributed by atoms with Crippen LogP contribution >= 0.6 is 52.6 Å². The number of benzene rings is 3. The zero-order chi connectivity index (χ0) is 53.2. The van der Waals surface area contributed by atoms with Crippen LogP contribution in [0, 0.1) is 16.2 Å². The third-order valence-corrected chi connectivity index (χ3v) is 25.8. The van der Waals surface area contributed by atoms with E-state index in [1.54, 1.807) is 45.3 Å². The van der Waals surface area contributed by atoms with Crippen molar-refractivity contribution in [1.82, 2.24) is 0 Å². The van der Waals surface area contributed by atoms with Gasteiger partial charge in [0.25, 0.3) is 0 Å². The Bertz CT molecular complexity index is 3270. The van der Waals surface area contributed by atoms with Crippen LogP contribution in [0.2, 0.25) is 0 Å². The molecular formula is C68H71O2OsPS4+. The van der Waals surface area contributed by atoms with Crippen LogP contribution in [0.3, 0.4) is 0 Å². The van der Waals surface area contributed by atoms with E-state index >= 15 is 9.59 Å². The van der Waals surface area contributed by atoms with E-state index < -0.39 is 7.26 Å². The van der Waals surface area contributed by atoms with E-state index in [1.165, 1.54) is 45.2 Å². The quantitative estimate of drug-likeness (QED) is 0.0501. The van der Waals surface area contributed by atoms with Crippen LogP contribution in [-0.4, -0.2) is 11.6 Å². The van der Waals surface area contributed by atoms with Crippen LogP contribution in [0.4, 0.5) is 0 Å². The van der Waals surface area contributed by atoms with E-state index in [0.29, 0.717) is 34.1 Å². The summed E-state index contributed by atoms with van der Waals surface area (Å²) in [6.07, 6.45) is 27.6. The molecule has 2 aliphatic rings. The standard InChI is InChI=1S/C68H71O2PS4.Os/c1-8-14-27-47(11-4)43-59-61-62(60(74-59)44-48(12-5)28-15-9-2)66(70)64-63(65(61)69)67(57-41-39-55(72-57)26-10-3)75-68(64)58-42-40-56(73-58)38-37-50(45-51-30-25-29-49(51)13-6)46(7)71(52-31-19-16-20-32-52,53-33-21-17-22-34-53)54-35-23-18-24-36-54;/h10,13,16-24,26,31-42,45,47-48H,8-9,11-12,14-15,25,27-30,43-44H2,1-6H3;/q+1;/b26-10+,38-37+,49-13?,50-46?,51-45?;. The van der Waals surface area contributed by atoms with Crippen molar-refractivity contribution in [2.45, 2.75) is 125 Å². The van der Waals surface area contributed by atoms with Gasteiger partial charge in [0, 0.05) is 20.2 Å². The molecule has 0 amide bonds. The van der Waals surface area contributed by atoms with Crippen molar-refractivity contribution in [2.24, 2.45) is 11.8 Å². The van der Waals surface area contributed by atoms with E-state index in [9.17, 15) is 0 Å². The van der Waals surface area contributed by atoms with Gasteiger partial charge in [0.1, 0.15) is 0 Å². The average molecular weight is 1270 g/mol. The number of carbonyl (C=O) groups excluding carboxylic acids is 2. The van der Waals surface area contributed by atoms with Gasteiger partial charge in [-0.3, -0.25) is 4.79 Å². The number of carbonyl (C=O) groups is 2. The summed E-state index contributed by atoms with van der Waals surface area (Å²) in [4.78, 5) is 40.0. The molecule has 2 unspecified atom stereocenters. The number of allylic oxidation sites excluding steroid dienone is 8. The van der Waals surface area contributed by atoms with E-state index in [-0.39, 0.29) is 11.6 Å². The van der Waals surface area contributed by atoms with Gasteiger partial charge < -0.3 is 0 Å².